The lowest BCUT2D eigenvalue weighted by Crippen LogP contribution is -2.29. The number of aryl methyl sites for hydroxylation is 1. The monoisotopic (exact) mass is 298 g/mol. The van der Waals surface area contributed by atoms with E-state index >= 15 is 0 Å². The Hall–Kier alpha value is -2.47. The standard InChI is InChI=1S/C16H18N4O2/c1-11-5-6-15(19-18-11)17-13-4-2-3-12(9-13)16(22)20-8-7-14(21)10-20/h2-6,9,14,21H,7-8,10H2,1H3,(H,17,19)/t14-/m1/s1. The maximum absolute atomic E-state index is 12.4. The fraction of sp³-hybridized carbons (Fsp3) is 0.312. The lowest BCUT2D eigenvalue weighted by atomic mass is 10.1. The average Bonchev–Trinajstić information content (AvgIpc) is 2.96. The summed E-state index contributed by atoms with van der Waals surface area (Å²) < 4.78 is 0. The molecule has 1 aromatic carbocycles. The molecule has 0 unspecified atom stereocenters. The van der Waals surface area contributed by atoms with E-state index in [0.29, 0.717) is 30.9 Å². The molecule has 1 aliphatic rings. The number of aromatic nitrogens is 2. The number of aliphatic hydroxyl groups is 1. The molecular weight excluding hydrogens is 280 g/mol. The van der Waals surface area contributed by atoms with Crippen molar-refractivity contribution in [3.8, 4) is 0 Å². The van der Waals surface area contributed by atoms with E-state index in [9.17, 15) is 9.90 Å². The van der Waals surface area contributed by atoms with Crippen LogP contribution in [0.25, 0.3) is 0 Å². The predicted molar refractivity (Wildman–Crippen MR) is 83.0 cm³/mol. The molecule has 2 aromatic rings. The molecule has 0 spiro atoms. The lowest BCUT2D eigenvalue weighted by molar-refractivity contribution is 0.0765. The highest BCUT2D eigenvalue weighted by Gasteiger charge is 2.25. The van der Waals surface area contributed by atoms with Crippen molar-refractivity contribution >= 4 is 17.4 Å². The van der Waals surface area contributed by atoms with Crippen LogP contribution in [0.1, 0.15) is 22.5 Å². The quantitative estimate of drug-likeness (QED) is 0.902. The normalized spacial score (nSPS) is 17.5. The molecule has 6 heteroatoms. The van der Waals surface area contributed by atoms with Crippen LogP contribution in [0.5, 0.6) is 0 Å². The molecule has 0 radical (unpaired) electrons. The number of hydrogen-bond acceptors (Lipinski definition) is 5. The zero-order chi connectivity index (χ0) is 15.5. The second kappa shape index (κ2) is 6.11. The number of rotatable bonds is 3. The van der Waals surface area contributed by atoms with Gasteiger partial charge in [0, 0.05) is 24.3 Å². The summed E-state index contributed by atoms with van der Waals surface area (Å²) in [5.74, 6) is 0.571. The minimum Gasteiger partial charge on any atom is -0.391 e. The van der Waals surface area contributed by atoms with Crippen LogP contribution >= 0.6 is 0 Å². The summed E-state index contributed by atoms with van der Waals surface area (Å²) in [6.07, 6.45) is 0.232. The molecule has 1 atom stereocenters. The molecular formula is C16H18N4O2. The van der Waals surface area contributed by atoms with Gasteiger partial charge in [0.2, 0.25) is 0 Å². The van der Waals surface area contributed by atoms with Crippen molar-refractivity contribution < 1.29 is 9.90 Å². The summed E-state index contributed by atoms with van der Waals surface area (Å²) >= 11 is 0. The van der Waals surface area contributed by atoms with Crippen LogP contribution in [-0.2, 0) is 0 Å². The topological polar surface area (TPSA) is 78.4 Å². The van der Waals surface area contributed by atoms with E-state index in [1.54, 1.807) is 17.0 Å². The number of hydrogen-bond donors (Lipinski definition) is 2. The second-order valence-electron chi connectivity index (χ2n) is 5.46. The number of nitrogens with zero attached hydrogens (tertiary/aromatic N) is 3. The Morgan fingerprint density at radius 1 is 1.32 bits per heavy atom. The average molecular weight is 298 g/mol. The van der Waals surface area contributed by atoms with Crippen molar-refractivity contribution in [1.82, 2.24) is 15.1 Å². The van der Waals surface area contributed by atoms with Gasteiger partial charge in [-0.15, -0.1) is 5.10 Å². The Morgan fingerprint density at radius 2 is 2.18 bits per heavy atom. The smallest absolute Gasteiger partial charge is 0.254 e. The number of anilines is 2. The molecule has 6 nitrogen and oxygen atoms in total. The van der Waals surface area contributed by atoms with Gasteiger partial charge in [-0.2, -0.15) is 5.10 Å². The molecule has 22 heavy (non-hydrogen) atoms. The second-order valence-corrected chi connectivity index (χ2v) is 5.46. The van der Waals surface area contributed by atoms with E-state index in [4.69, 9.17) is 0 Å². The van der Waals surface area contributed by atoms with E-state index in [0.717, 1.165) is 11.4 Å². The number of β-amino-alcohol motifs (C(OH)–C–C–N with tert-alkyl or cyclic N) is 1. The van der Waals surface area contributed by atoms with Crippen molar-refractivity contribution in [3.05, 3.63) is 47.7 Å². The predicted octanol–water partition coefficient (Wildman–Crippen LogP) is 1.74. The summed E-state index contributed by atoms with van der Waals surface area (Å²) in [7, 11) is 0. The number of nitrogens with one attached hydrogen (secondary N) is 1. The van der Waals surface area contributed by atoms with Crippen molar-refractivity contribution in [2.45, 2.75) is 19.4 Å². The maximum Gasteiger partial charge on any atom is 0.254 e. The van der Waals surface area contributed by atoms with Crippen molar-refractivity contribution in [2.24, 2.45) is 0 Å². The van der Waals surface area contributed by atoms with Gasteiger partial charge in [-0.1, -0.05) is 6.07 Å². The Kier molecular flexibility index (Phi) is 4.02. The first-order valence-electron chi connectivity index (χ1n) is 7.26. The Labute approximate surface area is 128 Å². The first-order chi connectivity index (χ1) is 10.6. The summed E-state index contributed by atoms with van der Waals surface area (Å²) in [5, 5.41) is 20.7. The summed E-state index contributed by atoms with van der Waals surface area (Å²) in [6.45, 7) is 2.88. The first kappa shape index (κ1) is 14.5. The third kappa shape index (κ3) is 3.23. The number of carbonyl (C=O) groups excluding carboxylic acids is 1. The SMILES string of the molecule is Cc1ccc(Nc2cccc(C(=O)N3CC[C@@H](O)C3)c2)nn1. The lowest BCUT2D eigenvalue weighted by Gasteiger charge is -2.16. The third-order valence-corrected chi connectivity index (χ3v) is 3.63. The highest BCUT2D eigenvalue weighted by molar-refractivity contribution is 5.95. The van der Waals surface area contributed by atoms with Crippen LogP contribution in [-0.4, -0.2) is 45.3 Å². The molecule has 0 saturated carbocycles. The van der Waals surface area contributed by atoms with Gasteiger partial charge in [0.05, 0.1) is 11.8 Å². The fourth-order valence-electron chi connectivity index (χ4n) is 2.45. The van der Waals surface area contributed by atoms with Crippen LogP contribution < -0.4 is 5.32 Å². The van der Waals surface area contributed by atoms with Gasteiger partial charge in [0.15, 0.2) is 5.82 Å². The van der Waals surface area contributed by atoms with Gasteiger partial charge >= 0.3 is 0 Å². The molecule has 1 fully saturated rings. The largest absolute Gasteiger partial charge is 0.391 e. The van der Waals surface area contributed by atoms with Crippen LogP contribution in [0.2, 0.25) is 0 Å². The van der Waals surface area contributed by atoms with Gasteiger partial charge in [-0.3, -0.25) is 4.79 Å². The summed E-state index contributed by atoms with van der Waals surface area (Å²) in [4.78, 5) is 14.1. The van der Waals surface area contributed by atoms with Gasteiger partial charge < -0.3 is 15.3 Å². The number of likely N-dealkylation sites (tertiary alicyclic amines) is 1. The van der Waals surface area contributed by atoms with Crippen LogP contribution in [0.4, 0.5) is 11.5 Å². The first-order valence-corrected chi connectivity index (χ1v) is 7.26. The molecule has 0 aliphatic carbocycles. The van der Waals surface area contributed by atoms with Crippen LogP contribution in [0.3, 0.4) is 0 Å². The zero-order valence-corrected chi connectivity index (χ0v) is 12.4. The van der Waals surface area contributed by atoms with Gasteiger partial charge in [0.25, 0.3) is 5.91 Å². The minimum atomic E-state index is -0.409. The van der Waals surface area contributed by atoms with E-state index in [1.807, 2.05) is 31.2 Å². The molecule has 0 bridgehead atoms. The zero-order valence-electron chi connectivity index (χ0n) is 12.4. The Balaban J connectivity index is 1.74. The maximum atomic E-state index is 12.4. The van der Waals surface area contributed by atoms with E-state index < -0.39 is 6.10 Å². The van der Waals surface area contributed by atoms with Crippen LogP contribution in [0.15, 0.2) is 36.4 Å². The summed E-state index contributed by atoms with van der Waals surface area (Å²) in [5.41, 5.74) is 2.23. The van der Waals surface area contributed by atoms with Gasteiger partial charge in [-0.25, -0.2) is 0 Å². The molecule has 2 heterocycles. The Morgan fingerprint density at radius 3 is 2.86 bits per heavy atom. The van der Waals surface area contributed by atoms with Crippen LogP contribution in [0, 0.1) is 6.92 Å². The van der Waals surface area contributed by atoms with Crippen molar-refractivity contribution in [3.63, 3.8) is 0 Å². The van der Waals surface area contributed by atoms with E-state index in [1.165, 1.54) is 0 Å². The van der Waals surface area contributed by atoms with Crippen molar-refractivity contribution in [1.29, 1.82) is 0 Å². The number of aliphatic hydroxyl groups excluding tert-OH is 1. The summed E-state index contributed by atoms with van der Waals surface area (Å²) in [6, 6.07) is 11.0. The number of amides is 1. The number of benzene rings is 1. The van der Waals surface area contributed by atoms with Gasteiger partial charge in [-0.05, 0) is 43.7 Å². The van der Waals surface area contributed by atoms with E-state index in [2.05, 4.69) is 15.5 Å². The third-order valence-electron chi connectivity index (χ3n) is 3.63. The molecule has 1 saturated heterocycles. The highest BCUT2D eigenvalue weighted by atomic mass is 16.3. The molecule has 1 amide bonds. The van der Waals surface area contributed by atoms with Crippen molar-refractivity contribution in [2.75, 3.05) is 18.4 Å². The molecule has 1 aromatic heterocycles. The highest BCUT2D eigenvalue weighted by Crippen LogP contribution is 2.19. The molecule has 3 rings (SSSR count). The van der Waals surface area contributed by atoms with E-state index in [-0.39, 0.29) is 5.91 Å². The minimum absolute atomic E-state index is 0.0600. The van der Waals surface area contributed by atoms with Gasteiger partial charge in [0.1, 0.15) is 0 Å². The fourth-order valence-corrected chi connectivity index (χ4v) is 2.45. The Bertz CT molecular complexity index is 672. The molecule has 2 N–H and O–H groups in total. The number of carbonyl (C=O) groups is 1. The molecule has 1 aliphatic heterocycles. The molecule has 114 valence electrons.